The first-order valence-electron chi connectivity index (χ1n) is 6.14. The van der Waals surface area contributed by atoms with Crippen LogP contribution in [0.3, 0.4) is 0 Å². The molecule has 0 unspecified atom stereocenters. The molecule has 0 atom stereocenters. The summed E-state index contributed by atoms with van der Waals surface area (Å²) in [7, 11) is 1.34. The van der Waals surface area contributed by atoms with Gasteiger partial charge >= 0.3 is 5.97 Å². The van der Waals surface area contributed by atoms with Crippen molar-refractivity contribution in [2.75, 3.05) is 7.11 Å². The fourth-order valence-electron chi connectivity index (χ4n) is 2.07. The van der Waals surface area contributed by atoms with Gasteiger partial charge in [-0.2, -0.15) is 0 Å². The molecule has 0 saturated carbocycles. The number of rotatable bonds is 4. The number of hydrogen-bond acceptors (Lipinski definition) is 3. The second-order valence-electron chi connectivity index (χ2n) is 4.23. The van der Waals surface area contributed by atoms with Gasteiger partial charge in [0.15, 0.2) is 0 Å². The number of nitrogens with zero attached hydrogens (tertiary/aromatic N) is 3. The third-order valence-corrected chi connectivity index (χ3v) is 3.23. The molecule has 0 amide bonds. The van der Waals surface area contributed by atoms with Crippen LogP contribution in [-0.4, -0.2) is 13.1 Å². The second-order valence-corrected chi connectivity index (χ2v) is 4.66. The minimum absolute atomic E-state index is 0.155. The lowest BCUT2D eigenvalue weighted by atomic mass is 9.95. The zero-order chi connectivity index (χ0) is 15.2. The Morgan fingerprint density at radius 3 is 2.76 bits per heavy atom. The van der Waals surface area contributed by atoms with Crippen LogP contribution in [0.1, 0.15) is 15.9 Å². The first-order valence-corrected chi connectivity index (χ1v) is 6.52. The van der Waals surface area contributed by atoms with Crippen molar-refractivity contribution in [1.82, 2.24) is 0 Å². The Labute approximate surface area is 126 Å². The van der Waals surface area contributed by atoms with Crippen LogP contribution in [0, 0.1) is 0 Å². The normalized spacial score (nSPS) is 9.81. The average molecular weight is 302 g/mol. The first kappa shape index (κ1) is 14.9. The monoisotopic (exact) mass is 301 g/mol. The molecule has 2 aromatic rings. The van der Waals surface area contributed by atoms with E-state index in [-0.39, 0.29) is 6.54 Å². The maximum absolute atomic E-state index is 11.9. The minimum Gasteiger partial charge on any atom is -0.465 e. The highest BCUT2D eigenvalue weighted by atomic mass is 35.5. The van der Waals surface area contributed by atoms with Crippen LogP contribution in [0.15, 0.2) is 47.6 Å². The van der Waals surface area contributed by atoms with Crippen LogP contribution in [0.25, 0.3) is 21.6 Å². The van der Waals surface area contributed by atoms with E-state index < -0.39 is 5.97 Å². The SMILES string of the molecule is COC(=O)c1ccccc1-c1ccc(Cl)cc1CN=[N+]=[N-]. The smallest absolute Gasteiger partial charge is 0.338 e. The van der Waals surface area contributed by atoms with Gasteiger partial charge in [0.2, 0.25) is 0 Å². The highest BCUT2D eigenvalue weighted by Gasteiger charge is 2.15. The predicted octanol–water partition coefficient (Wildman–Crippen LogP) is 4.60. The number of ether oxygens (including phenoxy) is 1. The molecule has 106 valence electrons. The molecule has 0 fully saturated rings. The van der Waals surface area contributed by atoms with Crippen molar-refractivity contribution < 1.29 is 9.53 Å². The summed E-state index contributed by atoms with van der Waals surface area (Å²) in [5.41, 5.74) is 11.2. The first-order chi connectivity index (χ1) is 10.2. The molecule has 6 heteroatoms. The topological polar surface area (TPSA) is 75.1 Å². The van der Waals surface area contributed by atoms with E-state index in [0.29, 0.717) is 16.1 Å². The number of esters is 1. The van der Waals surface area contributed by atoms with Gasteiger partial charge < -0.3 is 4.74 Å². The van der Waals surface area contributed by atoms with E-state index in [9.17, 15) is 4.79 Å². The van der Waals surface area contributed by atoms with Crippen molar-refractivity contribution in [3.05, 3.63) is 69.1 Å². The van der Waals surface area contributed by atoms with Gasteiger partial charge in [-0.05, 0) is 40.4 Å². The maximum Gasteiger partial charge on any atom is 0.338 e. The number of hydrogen-bond donors (Lipinski definition) is 0. The third kappa shape index (κ3) is 3.34. The van der Waals surface area contributed by atoms with Gasteiger partial charge in [0.05, 0.1) is 19.2 Å². The van der Waals surface area contributed by atoms with Crippen molar-refractivity contribution in [2.45, 2.75) is 6.54 Å². The second kappa shape index (κ2) is 6.79. The standard InChI is InChI=1S/C15H12ClN3O2/c1-21-15(20)14-5-3-2-4-13(14)12-7-6-11(16)8-10(12)9-18-19-17/h2-8H,9H2,1H3. The molecular weight excluding hydrogens is 290 g/mol. The van der Waals surface area contributed by atoms with Gasteiger partial charge in [-0.25, -0.2) is 4.79 Å². The largest absolute Gasteiger partial charge is 0.465 e. The summed E-state index contributed by atoms with van der Waals surface area (Å²) in [6.45, 7) is 0.155. The molecule has 0 bridgehead atoms. The van der Waals surface area contributed by atoms with Crippen molar-refractivity contribution in [1.29, 1.82) is 0 Å². The minimum atomic E-state index is -0.421. The fourth-order valence-corrected chi connectivity index (χ4v) is 2.26. The van der Waals surface area contributed by atoms with E-state index in [0.717, 1.165) is 11.1 Å². The molecule has 0 aliphatic carbocycles. The number of carbonyl (C=O) groups is 1. The molecule has 0 aromatic heterocycles. The maximum atomic E-state index is 11.9. The molecule has 0 N–H and O–H groups in total. The Morgan fingerprint density at radius 2 is 2.05 bits per heavy atom. The Morgan fingerprint density at radius 1 is 1.29 bits per heavy atom. The van der Waals surface area contributed by atoms with Crippen LogP contribution >= 0.6 is 11.6 Å². The van der Waals surface area contributed by atoms with Crippen LogP contribution in [0.5, 0.6) is 0 Å². The summed E-state index contributed by atoms with van der Waals surface area (Å²) in [6.07, 6.45) is 0. The fraction of sp³-hybridized carbons (Fsp3) is 0.133. The molecule has 0 aliphatic heterocycles. The lowest BCUT2D eigenvalue weighted by molar-refractivity contribution is 0.0601. The molecule has 2 aromatic carbocycles. The molecule has 0 radical (unpaired) electrons. The van der Waals surface area contributed by atoms with Crippen molar-refractivity contribution in [3.63, 3.8) is 0 Å². The van der Waals surface area contributed by atoms with Crippen LogP contribution in [0.4, 0.5) is 0 Å². The summed E-state index contributed by atoms with van der Waals surface area (Å²) in [6, 6.07) is 12.3. The van der Waals surface area contributed by atoms with Crippen LogP contribution < -0.4 is 0 Å². The lowest BCUT2D eigenvalue weighted by Crippen LogP contribution is -2.04. The molecule has 0 saturated heterocycles. The Balaban J connectivity index is 2.61. The Kier molecular flexibility index (Phi) is 4.82. The van der Waals surface area contributed by atoms with E-state index in [4.69, 9.17) is 21.9 Å². The summed E-state index contributed by atoms with van der Waals surface area (Å²) in [4.78, 5) is 14.6. The molecule has 0 aliphatic rings. The quantitative estimate of drug-likeness (QED) is 0.358. The zero-order valence-electron chi connectivity index (χ0n) is 11.3. The number of carbonyl (C=O) groups excluding carboxylic acids is 1. The number of azide groups is 1. The van der Waals surface area contributed by atoms with Crippen LogP contribution in [-0.2, 0) is 11.3 Å². The molecule has 5 nitrogen and oxygen atoms in total. The van der Waals surface area contributed by atoms with E-state index >= 15 is 0 Å². The third-order valence-electron chi connectivity index (χ3n) is 2.99. The highest BCUT2D eigenvalue weighted by Crippen LogP contribution is 2.30. The number of benzene rings is 2. The molecule has 0 spiro atoms. The van der Waals surface area contributed by atoms with Gasteiger partial charge in [0, 0.05) is 9.93 Å². The van der Waals surface area contributed by atoms with Gasteiger partial charge in [-0.3, -0.25) is 0 Å². The summed E-state index contributed by atoms with van der Waals surface area (Å²) in [5.74, 6) is -0.421. The lowest BCUT2D eigenvalue weighted by Gasteiger charge is -2.12. The molecule has 2 rings (SSSR count). The van der Waals surface area contributed by atoms with E-state index in [1.54, 1.807) is 30.3 Å². The zero-order valence-corrected chi connectivity index (χ0v) is 12.0. The van der Waals surface area contributed by atoms with Gasteiger partial charge in [-0.15, -0.1) is 0 Å². The molecule has 0 heterocycles. The molecule has 21 heavy (non-hydrogen) atoms. The van der Waals surface area contributed by atoms with Crippen molar-refractivity contribution in [2.24, 2.45) is 5.11 Å². The van der Waals surface area contributed by atoms with Crippen molar-refractivity contribution >= 4 is 17.6 Å². The van der Waals surface area contributed by atoms with Crippen molar-refractivity contribution in [3.8, 4) is 11.1 Å². The summed E-state index contributed by atoms with van der Waals surface area (Å²) in [5, 5.41) is 4.11. The van der Waals surface area contributed by atoms with E-state index in [2.05, 4.69) is 10.0 Å². The Hall–Kier alpha value is -2.49. The van der Waals surface area contributed by atoms with Crippen LogP contribution in [0.2, 0.25) is 5.02 Å². The predicted molar refractivity (Wildman–Crippen MR) is 81.1 cm³/mol. The van der Waals surface area contributed by atoms with E-state index in [1.165, 1.54) is 7.11 Å². The van der Waals surface area contributed by atoms with Gasteiger partial charge in [-0.1, -0.05) is 41.0 Å². The van der Waals surface area contributed by atoms with Gasteiger partial charge in [0.25, 0.3) is 0 Å². The number of halogens is 1. The Bertz CT molecular complexity index is 725. The summed E-state index contributed by atoms with van der Waals surface area (Å²) >= 11 is 5.99. The average Bonchev–Trinajstić information content (AvgIpc) is 2.52. The van der Waals surface area contributed by atoms with E-state index in [1.807, 2.05) is 12.1 Å². The summed E-state index contributed by atoms with van der Waals surface area (Å²) < 4.78 is 4.80. The molecular formula is C15H12ClN3O2. The highest BCUT2D eigenvalue weighted by molar-refractivity contribution is 6.30. The van der Waals surface area contributed by atoms with Gasteiger partial charge in [0.1, 0.15) is 0 Å². The number of methoxy groups -OCH3 is 1.